The number of rotatable bonds is 5. The number of hydrogen-bond acceptors (Lipinski definition) is 9. The number of halogens is 2. The molecule has 4 aromatic rings. The molecular weight excluding hydrogens is 530 g/mol. The Labute approximate surface area is 235 Å². The summed E-state index contributed by atoms with van der Waals surface area (Å²) in [5, 5.41) is 3.36. The molecule has 1 amide bonds. The van der Waals surface area contributed by atoms with Gasteiger partial charge in [0.05, 0.1) is 35.5 Å². The molecule has 1 aromatic carbocycles. The third-order valence-corrected chi connectivity index (χ3v) is 7.50. The second kappa shape index (κ2) is 10.2. The van der Waals surface area contributed by atoms with E-state index < -0.39 is 11.6 Å². The smallest absolute Gasteiger partial charge is 0.228 e. The highest BCUT2D eigenvalue weighted by Crippen LogP contribution is 2.42. The molecule has 0 bridgehead atoms. The molecule has 0 aliphatic carbocycles. The van der Waals surface area contributed by atoms with Gasteiger partial charge >= 0.3 is 0 Å². The highest BCUT2D eigenvalue weighted by molar-refractivity contribution is 6.03. The van der Waals surface area contributed by atoms with Crippen LogP contribution in [0, 0.1) is 24.0 Å². The molecule has 0 unspecified atom stereocenters. The van der Waals surface area contributed by atoms with E-state index in [1.807, 2.05) is 19.9 Å². The van der Waals surface area contributed by atoms with Crippen molar-refractivity contribution in [2.24, 2.45) is 5.41 Å². The molecule has 6 rings (SSSR count). The Bertz CT molecular complexity index is 1660. The van der Waals surface area contributed by atoms with Crippen LogP contribution in [0.15, 0.2) is 36.8 Å². The first kappa shape index (κ1) is 26.8. The van der Waals surface area contributed by atoms with Crippen molar-refractivity contribution in [2.45, 2.75) is 27.2 Å². The number of nitrogen functional groups attached to an aromatic ring is 1. The zero-order valence-corrected chi connectivity index (χ0v) is 23.0. The number of hydrogen-bond donors (Lipinski definition) is 2. The first-order valence-electron chi connectivity index (χ1n) is 13.4. The minimum atomic E-state index is -1.03. The molecule has 2 aliphatic rings. The summed E-state index contributed by atoms with van der Waals surface area (Å²) < 4.78 is 35.6. The van der Waals surface area contributed by atoms with Gasteiger partial charge in [0, 0.05) is 67.4 Å². The van der Waals surface area contributed by atoms with Crippen molar-refractivity contribution >= 4 is 45.8 Å². The largest absolute Gasteiger partial charge is 0.378 e. The van der Waals surface area contributed by atoms with E-state index in [2.05, 4.69) is 30.2 Å². The molecule has 41 heavy (non-hydrogen) atoms. The van der Waals surface area contributed by atoms with Gasteiger partial charge in [0.2, 0.25) is 11.9 Å². The van der Waals surface area contributed by atoms with E-state index >= 15 is 4.39 Å². The van der Waals surface area contributed by atoms with Crippen LogP contribution in [0.4, 0.5) is 37.7 Å². The van der Waals surface area contributed by atoms with Crippen molar-refractivity contribution in [3.63, 3.8) is 0 Å². The van der Waals surface area contributed by atoms with Crippen molar-refractivity contribution in [1.82, 2.24) is 19.9 Å². The highest BCUT2D eigenvalue weighted by Gasteiger charge is 2.38. The maximum absolute atomic E-state index is 15.5. The molecule has 3 N–H and O–H groups in total. The van der Waals surface area contributed by atoms with Gasteiger partial charge in [-0.25, -0.2) is 28.7 Å². The Balaban J connectivity index is 1.55. The predicted molar refractivity (Wildman–Crippen MR) is 153 cm³/mol. The van der Waals surface area contributed by atoms with Crippen LogP contribution in [0.25, 0.3) is 22.0 Å². The molecule has 3 aromatic heterocycles. The van der Waals surface area contributed by atoms with Crippen LogP contribution in [0.1, 0.15) is 25.8 Å². The van der Waals surface area contributed by atoms with E-state index in [4.69, 9.17) is 10.5 Å². The summed E-state index contributed by atoms with van der Waals surface area (Å²) in [4.78, 5) is 34.3. The normalized spacial score (nSPS) is 17.0. The number of aromatic nitrogens is 4. The average Bonchev–Trinajstić information content (AvgIpc) is 3.24. The second-order valence-electron chi connectivity index (χ2n) is 11.2. The molecule has 0 radical (unpaired) electrons. The average molecular weight is 561 g/mol. The van der Waals surface area contributed by atoms with Gasteiger partial charge in [0.25, 0.3) is 0 Å². The van der Waals surface area contributed by atoms with Crippen LogP contribution >= 0.6 is 0 Å². The third-order valence-electron chi connectivity index (χ3n) is 7.50. The zero-order chi connectivity index (χ0) is 28.9. The monoisotopic (exact) mass is 560 g/mol. The molecule has 10 nitrogen and oxygen atoms in total. The lowest BCUT2D eigenvalue weighted by Gasteiger charge is -2.29. The number of amides is 1. The van der Waals surface area contributed by atoms with Gasteiger partial charge in [-0.2, -0.15) is 0 Å². The van der Waals surface area contributed by atoms with Gasteiger partial charge < -0.3 is 20.7 Å². The molecule has 12 heteroatoms. The molecule has 2 saturated heterocycles. The summed E-state index contributed by atoms with van der Waals surface area (Å²) in [5.41, 5.74) is 8.33. The SMILES string of the molecule is Cc1c(N2CC(C)(C)CC2=O)nc2ccc(F)c(F)c2c1Nc1cc(N2CCOCC2)ncc1-c1cnc(N)nc1. The number of morpholine rings is 1. The van der Waals surface area contributed by atoms with E-state index in [-0.39, 0.29) is 28.2 Å². The van der Waals surface area contributed by atoms with Gasteiger partial charge in [-0.05, 0) is 24.5 Å². The summed E-state index contributed by atoms with van der Waals surface area (Å²) in [6.45, 7) is 8.69. The number of carbonyl (C=O) groups is 1. The molecule has 2 fully saturated rings. The Kier molecular flexibility index (Phi) is 6.65. The number of pyridine rings is 2. The van der Waals surface area contributed by atoms with Crippen LogP contribution in [-0.4, -0.2) is 58.7 Å². The summed E-state index contributed by atoms with van der Waals surface area (Å²) in [6.07, 6.45) is 5.20. The van der Waals surface area contributed by atoms with Gasteiger partial charge in [0.1, 0.15) is 11.6 Å². The number of anilines is 5. The number of fused-ring (bicyclic) bond motifs is 1. The van der Waals surface area contributed by atoms with Gasteiger partial charge in [-0.15, -0.1) is 0 Å². The number of ether oxygens (including phenoxy) is 1. The van der Waals surface area contributed by atoms with Crippen molar-refractivity contribution in [1.29, 1.82) is 0 Å². The number of nitrogens with two attached hydrogens (primary N) is 1. The first-order valence-corrected chi connectivity index (χ1v) is 13.4. The van der Waals surface area contributed by atoms with Crippen LogP contribution in [-0.2, 0) is 9.53 Å². The van der Waals surface area contributed by atoms with E-state index in [1.54, 1.807) is 30.4 Å². The number of nitrogens with one attached hydrogen (secondary N) is 1. The quantitative estimate of drug-likeness (QED) is 0.361. The van der Waals surface area contributed by atoms with Crippen LogP contribution in [0.3, 0.4) is 0 Å². The molecule has 0 spiro atoms. The molecule has 0 saturated carbocycles. The Morgan fingerprint density at radius 2 is 1.80 bits per heavy atom. The van der Waals surface area contributed by atoms with Gasteiger partial charge in [-0.1, -0.05) is 13.8 Å². The van der Waals surface area contributed by atoms with Crippen molar-refractivity contribution in [2.75, 3.05) is 53.7 Å². The molecule has 0 atom stereocenters. The Morgan fingerprint density at radius 3 is 2.49 bits per heavy atom. The van der Waals surface area contributed by atoms with Gasteiger partial charge in [0.15, 0.2) is 11.6 Å². The second-order valence-corrected chi connectivity index (χ2v) is 11.2. The fraction of sp³-hybridized carbons (Fsp3) is 0.345. The minimum Gasteiger partial charge on any atom is -0.378 e. The lowest BCUT2D eigenvalue weighted by molar-refractivity contribution is -0.117. The van der Waals surface area contributed by atoms with Crippen molar-refractivity contribution < 1.29 is 18.3 Å². The molecule has 2 aliphatic heterocycles. The number of nitrogens with zero attached hydrogens (tertiary/aromatic N) is 6. The van der Waals surface area contributed by atoms with E-state index in [1.165, 1.54) is 6.07 Å². The maximum Gasteiger partial charge on any atom is 0.228 e. The topological polar surface area (TPSA) is 122 Å². The lowest BCUT2D eigenvalue weighted by atomic mass is 9.93. The summed E-state index contributed by atoms with van der Waals surface area (Å²) in [5.74, 6) is -0.880. The van der Waals surface area contributed by atoms with E-state index in [0.717, 1.165) is 6.07 Å². The standard InChI is InChI=1S/C29H30F2N8O2/c1-16-26(24-20(5-4-19(30)25(24)31)37-27(16)39-15-29(2,3)11-23(39)40)36-21-10-22(38-6-8-41-9-7-38)33-14-18(21)17-12-34-28(32)35-13-17/h4-5,10,12-14H,6-9,11,15H2,1-3H3,(H2,32,34,35)(H,33,36,37). The first-order chi connectivity index (χ1) is 19.6. The molecular formula is C29H30F2N8O2. The number of carbonyl (C=O) groups excluding carboxylic acids is 1. The molecule has 5 heterocycles. The van der Waals surface area contributed by atoms with Crippen LogP contribution < -0.4 is 20.9 Å². The van der Waals surface area contributed by atoms with Gasteiger partial charge in [-0.3, -0.25) is 9.69 Å². The van der Waals surface area contributed by atoms with Crippen molar-refractivity contribution in [3.05, 3.63) is 54.0 Å². The van der Waals surface area contributed by atoms with Crippen LogP contribution in [0.5, 0.6) is 0 Å². The predicted octanol–water partition coefficient (Wildman–Crippen LogP) is 4.60. The molecule has 212 valence electrons. The van der Waals surface area contributed by atoms with E-state index in [9.17, 15) is 9.18 Å². The van der Waals surface area contributed by atoms with Crippen molar-refractivity contribution in [3.8, 4) is 11.1 Å². The van der Waals surface area contributed by atoms with Crippen LogP contribution in [0.2, 0.25) is 0 Å². The maximum atomic E-state index is 15.5. The summed E-state index contributed by atoms with van der Waals surface area (Å²) in [6, 6.07) is 4.32. The lowest BCUT2D eigenvalue weighted by Crippen LogP contribution is -2.36. The fourth-order valence-corrected chi connectivity index (χ4v) is 5.41. The Morgan fingerprint density at radius 1 is 1.07 bits per heavy atom. The Hall–Kier alpha value is -4.45. The minimum absolute atomic E-state index is 0.0126. The third kappa shape index (κ3) is 4.99. The summed E-state index contributed by atoms with van der Waals surface area (Å²) in [7, 11) is 0. The zero-order valence-electron chi connectivity index (χ0n) is 23.0. The van der Waals surface area contributed by atoms with E-state index in [0.29, 0.717) is 79.0 Å². The number of benzene rings is 1. The summed E-state index contributed by atoms with van der Waals surface area (Å²) >= 11 is 0. The highest BCUT2D eigenvalue weighted by atomic mass is 19.2. The fourth-order valence-electron chi connectivity index (χ4n) is 5.41.